The first-order valence-corrected chi connectivity index (χ1v) is 12.1. The van der Waals surface area contributed by atoms with E-state index in [4.69, 9.17) is 9.26 Å². The van der Waals surface area contributed by atoms with E-state index in [9.17, 15) is 9.59 Å². The maximum atomic E-state index is 12.5. The molecule has 0 spiro atoms. The van der Waals surface area contributed by atoms with Gasteiger partial charge in [-0.2, -0.15) is 4.98 Å². The summed E-state index contributed by atoms with van der Waals surface area (Å²) in [5.41, 5.74) is 2.08. The molecule has 2 fully saturated rings. The molecular formula is C22H29N5O4S. The van der Waals surface area contributed by atoms with Crippen LogP contribution in [0, 0.1) is 6.92 Å². The summed E-state index contributed by atoms with van der Waals surface area (Å²) >= 11 is 1.39. The first kappa shape index (κ1) is 22.8. The predicted octanol–water partition coefficient (Wildman–Crippen LogP) is 1.28. The van der Waals surface area contributed by atoms with E-state index >= 15 is 0 Å². The molecule has 2 aliphatic heterocycles. The van der Waals surface area contributed by atoms with Gasteiger partial charge in [0.1, 0.15) is 0 Å². The molecule has 9 nitrogen and oxygen atoms in total. The number of carbonyl (C=O) groups excluding carboxylic acids is 2. The van der Waals surface area contributed by atoms with Crippen molar-refractivity contribution in [1.29, 1.82) is 0 Å². The molecule has 2 aliphatic rings. The first-order valence-electron chi connectivity index (χ1n) is 10.9. The van der Waals surface area contributed by atoms with Gasteiger partial charge >= 0.3 is 0 Å². The maximum Gasteiger partial charge on any atom is 0.241 e. The number of aromatic nitrogens is 2. The molecule has 1 aromatic carbocycles. The molecule has 172 valence electrons. The fraction of sp³-hybridized carbons (Fsp3) is 0.545. The zero-order chi connectivity index (χ0) is 22.3. The molecule has 0 saturated carbocycles. The lowest BCUT2D eigenvalue weighted by atomic mass is 10.1. The molecule has 2 aromatic rings. The van der Waals surface area contributed by atoms with Crippen molar-refractivity contribution < 1.29 is 18.8 Å². The van der Waals surface area contributed by atoms with Gasteiger partial charge < -0.3 is 19.1 Å². The van der Waals surface area contributed by atoms with E-state index in [2.05, 4.69) is 15.0 Å². The standard InChI is InChI=1S/C22H29N5O4S/c1-17-4-2-3-5-18(17)22-23-19(31-24-22)14-25-6-8-26(9-7-25)20(28)15-32-16-21(29)27-10-12-30-13-11-27/h2-5H,6-16H2,1H3. The number of benzene rings is 1. The van der Waals surface area contributed by atoms with Crippen LogP contribution in [-0.2, 0) is 20.9 Å². The zero-order valence-corrected chi connectivity index (χ0v) is 19.2. The minimum absolute atomic E-state index is 0.0838. The molecule has 0 N–H and O–H groups in total. The van der Waals surface area contributed by atoms with E-state index in [0.29, 0.717) is 69.2 Å². The van der Waals surface area contributed by atoms with Crippen LogP contribution in [-0.4, -0.2) is 101 Å². The molecule has 4 rings (SSSR count). The second-order valence-electron chi connectivity index (χ2n) is 7.97. The van der Waals surface area contributed by atoms with Crippen LogP contribution in [0.3, 0.4) is 0 Å². The van der Waals surface area contributed by atoms with Gasteiger partial charge in [0.05, 0.1) is 31.3 Å². The van der Waals surface area contributed by atoms with E-state index in [1.54, 1.807) is 0 Å². The molecule has 1 aromatic heterocycles. The third-order valence-electron chi connectivity index (χ3n) is 5.75. The van der Waals surface area contributed by atoms with Crippen molar-refractivity contribution in [3.63, 3.8) is 0 Å². The smallest absolute Gasteiger partial charge is 0.241 e. The highest BCUT2D eigenvalue weighted by atomic mass is 32.2. The van der Waals surface area contributed by atoms with Gasteiger partial charge in [0, 0.05) is 44.8 Å². The molecule has 0 aliphatic carbocycles. The topological polar surface area (TPSA) is 92.0 Å². The quantitative estimate of drug-likeness (QED) is 0.612. The van der Waals surface area contributed by atoms with Crippen molar-refractivity contribution in [2.45, 2.75) is 13.5 Å². The van der Waals surface area contributed by atoms with Gasteiger partial charge in [-0.05, 0) is 12.5 Å². The van der Waals surface area contributed by atoms with E-state index < -0.39 is 0 Å². The predicted molar refractivity (Wildman–Crippen MR) is 121 cm³/mol. The van der Waals surface area contributed by atoms with Crippen LogP contribution in [0.15, 0.2) is 28.8 Å². The van der Waals surface area contributed by atoms with E-state index in [1.165, 1.54) is 11.8 Å². The van der Waals surface area contributed by atoms with Gasteiger partial charge in [-0.3, -0.25) is 14.5 Å². The van der Waals surface area contributed by atoms with Crippen molar-refractivity contribution in [2.24, 2.45) is 0 Å². The summed E-state index contributed by atoms with van der Waals surface area (Å²) in [5.74, 6) is 2.03. The van der Waals surface area contributed by atoms with Crippen molar-refractivity contribution in [3.05, 3.63) is 35.7 Å². The Morgan fingerprint density at radius 1 is 0.969 bits per heavy atom. The van der Waals surface area contributed by atoms with Gasteiger partial charge in [-0.25, -0.2) is 0 Å². The molecule has 2 amide bonds. The second kappa shape index (κ2) is 10.9. The van der Waals surface area contributed by atoms with E-state index in [-0.39, 0.29) is 11.8 Å². The van der Waals surface area contributed by atoms with Crippen molar-refractivity contribution >= 4 is 23.6 Å². The summed E-state index contributed by atoms with van der Waals surface area (Å²) in [7, 11) is 0. The number of amides is 2. The lowest BCUT2D eigenvalue weighted by Crippen LogP contribution is -2.49. The molecule has 0 unspecified atom stereocenters. The summed E-state index contributed by atoms with van der Waals surface area (Å²) in [5, 5.41) is 4.12. The summed E-state index contributed by atoms with van der Waals surface area (Å²) in [6.45, 7) is 7.90. The highest BCUT2D eigenvalue weighted by Crippen LogP contribution is 2.20. The van der Waals surface area contributed by atoms with Crippen molar-refractivity contribution in [1.82, 2.24) is 24.8 Å². The average Bonchev–Trinajstić information content (AvgIpc) is 3.28. The van der Waals surface area contributed by atoms with Gasteiger partial charge in [0.2, 0.25) is 23.5 Å². The number of hydrogen-bond donors (Lipinski definition) is 0. The molecule has 32 heavy (non-hydrogen) atoms. The molecule has 3 heterocycles. The van der Waals surface area contributed by atoms with Gasteiger partial charge in [-0.1, -0.05) is 29.4 Å². The Hall–Kier alpha value is -2.43. The minimum Gasteiger partial charge on any atom is -0.378 e. The minimum atomic E-state index is 0.0838. The lowest BCUT2D eigenvalue weighted by Gasteiger charge is -2.34. The highest BCUT2D eigenvalue weighted by Gasteiger charge is 2.23. The number of nitrogens with zero attached hydrogens (tertiary/aromatic N) is 5. The third-order valence-corrected chi connectivity index (χ3v) is 6.65. The summed E-state index contributed by atoms with van der Waals surface area (Å²) in [6.07, 6.45) is 0. The SMILES string of the molecule is Cc1ccccc1-c1noc(CN2CCN(C(=O)CSCC(=O)N3CCOCC3)CC2)n1. The fourth-order valence-electron chi connectivity index (χ4n) is 3.82. The summed E-state index contributed by atoms with van der Waals surface area (Å²) in [6, 6.07) is 7.96. The lowest BCUT2D eigenvalue weighted by molar-refractivity contribution is -0.132. The van der Waals surface area contributed by atoms with Gasteiger partial charge in [-0.15, -0.1) is 11.8 Å². The van der Waals surface area contributed by atoms with Crippen molar-refractivity contribution in [2.75, 3.05) is 64.0 Å². The Morgan fingerprint density at radius 3 is 2.31 bits per heavy atom. The Kier molecular flexibility index (Phi) is 7.77. The van der Waals surface area contributed by atoms with Gasteiger partial charge in [0.25, 0.3) is 0 Å². The Labute approximate surface area is 192 Å². The Bertz CT molecular complexity index is 923. The monoisotopic (exact) mass is 459 g/mol. The number of hydrogen-bond acceptors (Lipinski definition) is 8. The number of carbonyl (C=O) groups is 2. The second-order valence-corrected chi connectivity index (χ2v) is 8.96. The zero-order valence-electron chi connectivity index (χ0n) is 18.4. The van der Waals surface area contributed by atoms with E-state index in [1.807, 2.05) is 41.0 Å². The van der Waals surface area contributed by atoms with Crippen LogP contribution in [0.25, 0.3) is 11.4 Å². The van der Waals surface area contributed by atoms with E-state index in [0.717, 1.165) is 24.2 Å². The molecule has 0 bridgehead atoms. The number of morpholine rings is 1. The molecule has 0 radical (unpaired) electrons. The molecule has 2 saturated heterocycles. The van der Waals surface area contributed by atoms with Crippen LogP contribution >= 0.6 is 11.8 Å². The number of thioether (sulfide) groups is 1. The van der Waals surface area contributed by atoms with Crippen LogP contribution in [0.5, 0.6) is 0 Å². The Morgan fingerprint density at radius 2 is 1.62 bits per heavy atom. The molecule has 10 heteroatoms. The normalized spacial score (nSPS) is 17.5. The number of piperazine rings is 1. The highest BCUT2D eigenvalue weighted by molar-refractivity contribution is 8.00. The van der Waals surface area contributed by atoms with Crippen LogP contribution in [0.1, 0.15) is 11.5 Å². The van der Waals surface area contributed by atoms with Crippen molar-refractivity contribution in [3.8, 4) is 11.4 Å². The van der Waals surface area contributed by atoms with Crippen LogP contribution < -0.4 is 0 Å². The fourth-order valence-corrected chi connectivity index (χ4v) is 4.64. The summed E-state index contributed by atoms with van der Waals surface area (Å²) in [4.78, 5) is 35.1. The molecular weight excluding hydrogens is 430 g/mol. The third kappa shape index (κ3) is 5.87. The largest absolute Gasteiger partial charge is 0.378 e. The number of rotatable bonds is 7. The van der Waals surface area contributed by atoms with Gasteiger partial charge in [0.15, 0.2) is 0 Å². The number of ether oxygens (including phenoxy) is 1. The maximum absolute atomic E-state index is 12.5. The summed E-state index contributed by atoms with van der Waals surface area (Å²) < 4.78 is 10.7. The van der Waals surface area contributed by atoms with Crippen LogP contribution in [0.2, 0.25) is 0 Å². The first-order chi connectivity index (χ1) is 15.6. The molecule has 0 atom stereocenters. The van der Waals surface area contributed by atoms with Crippen LogP contribution in [0.4, 0.5) is 0 Å². The Balaban J connectivity index is 1.18. The number of aryl methyl sites for hydroxylation is 1. The average molecular weight is 460 g/mol.